The maximum absolute atomic E-state index is 11.9. The van der Waals surface area contributed by atoms with Gasteiger partial charge >= 0.3 is 5.97 Å². The Labute approximate surface area is 146 Å². The van der Waals surface area contributed by atoms with Gasteiger partial charge in [-0.1, -0.05) is 66.5 Å². The van der Waals surface area contributed by atoms with E-state index in [1.807, 2.05) is 12.1 Å². The third-order valence-electron chi connectivity index (χ3n) is 5.34. The van der Waals surface area contributed by atoms with E-state index in [9.17, 15) is 15.0 Å². The van der Waals surface area contributed by atoms with Gasteiger partial charge in [-0.2, -0.15) is 0 Å². The van der Waals surface area contributed by atoms with Crippen molar-refractivity contribution in [3.8, 4) is 5.75 Å². The predicted molar refractivity (Wildman–Crippen MR) is 97.7 cm³/mol. The van der Waals surface area contributed by atoms with Crippen LogP contribution in [-0.2, 0) is 22.0 Å². The Morgan fingerprint density at radius 3 is 1.75 bits per heavy atom. The number of carbonyl (C=O) groups is 1. The summed E-state index contributed by atoms with van der Waals surface area (Å²) < 4.78 is 0. The van der Waals surface area contributed by atoms with Gasteiger partial charge in [0.25, 0.3) is 0 Å². The molecule has 24 heavy (non-hydrogen) atoms. The number of hydrogen-bond acceptors (Lipinski definition) is 2. The molecule has 0 aliphatic heterocycles. The van der Waals surface area contributed by atoms with Gasteiger partial charge in [-0.3, -0.25) is 4.79 Å². The standard InChI is InChI=1S/C21H32O3/c1-19(2,3)15-11-14(12-16(17(15)22)20(4,5)6)13-21(18(23)24)9-7-8-10-21/h11-12,22H,7-10,13H2,1-6H3,(H,23,24). The summed E-state index contributed by atoms with van der Waals surface area (Å²) in [6.45, 7) is 12.5. The molecule has 0 spiro atoms. The Bertz CT molecular complexity index is 588. The molecule has 0 atom stereocenters. The minimum atomic E-state index is -0.678. The number of carboxylic acid groups (broad SMARTS) is 1. The molecule has 2 rings (SSSR count). The van der Waals surface area contributed by atoms with Crippen LogP contribution in [0.15, 0.2) is 12.1 Å². The van der Waals surface area contributed by atoms with Crippen molar-refractivity contribution in [3.63, 3.8) is 0 Å². The molecule has 0 aromatic heterocycles. The largest absolute Gasteiger partial charge is 0.507 e. The second-order valence-electron chi connectivity index (χ2n) is 9.51. The van der Waals surface area contributed by atoms with E-state index in [1.165, 1.54) is 0 Å². The van der Waals surface area contributed by atoms with Crippen LogP contribution in [0.1, 0.15) is 83.9 Å². The molecule has 0 bridgehead atoms. The molecular formula is C21H32O3. The second-order valence-corrected chi connectivity index (χ2v) is 9.51. The highest BCUT2D eigenvalue weighted by atomic mass is 16.4. The number of rotatable bonds is 3. The fourth-order valence-corrected chi connectivity index (χ4v) is 3.85. The zero-order chi connectivity index (χ0) is 18.3. The van der Waals surface area contributed by atoms with Crippen LogP contribution in [0.2, 0.25) is 0 Å². The van der Waals surface area contributed by atoms with Crippen LogP contribution in [0.25, 0.3) is 0 Å². The van der Waals surface area contributed by atoms with E-state index in [0.29, 0.717) is 12.2 Å². The summed E-state index contributed by atoms with van der Waals surface area (Å²) in [6.07, 6.45) is 4.03. The monoisotopic (exact) mass is 332 g/mol. The predicted octanol–water partition coefficient (Wildman–Crippen LogP) is 5.17. The van der Waals surface area contributed by atoms with E-state index in [0.717, 1.165) is 42.4 Å². The third-order valence-corrected chi connectivity index (χ3v) is 5.34. The summed E-state index contributed by atoms with van der Waals surface area (Å²) >= 11 is 0. The van der Waals surface area contributed by atoms with Crippen molar-refractivity contribution in [3.05, 3.63) is 28.8 Å². The Kier molecular flexibility index (Phi) is 4.78. The van der Waals surface area contributed by atoms with Crippen molar-refractivity contribution in [2.45, 2.75) is 84.5 Å². The maximum atomic E-state index is 11.9. The Morgan fingerprint density at radius 1 is 1.00 bits per heavy atom. The second kappa shape index (κ2) is 6.09. The van der Waals surface area contributed by atoms with Crippen molar-refractivity contribution in [1.29, 1.82) is 0 Å². The SMILES string of the molecule is CC(C)(C)c1cc(CC2(C(=O)O)CCCC2)cc(C(C)(C)C)c1O. The van der Waals surface area contributed by atoms with E-state index in [-0.39, 0.29) is 10.8 Å². The maximum Gasteiger partial charge on any atom is 0.309 e. The lowest BCUT2D eigenvalue weighted by Gasteiger charge is -2.30. The molecule has 2 N–H and O–H groups in total. The lowest BCUT2D eigenvalue weighted by molar-refractivity contribution is -0.148. The molecule has 3 nitrogen and oxygen atoms in total. The Hall–Kier alpha value is -1.51. The van der Waals surface area contributed by atoms with E-state index >= 15 is 0 Å². The molecule has 134 valence electrons. The van der Waals surface area contributed by atoms with Gasteiger partial charge in [0.1, 0.15) is 5.75 Å². The lowest BCUT2D eigenvalue weighted by atomic mass is 9.75. The molecule has 1 aromatic rings. The number of benzene rings is 1. The molecule has 1 aliphatic rings. The summed E-state index contributed by atoms with van der Waals surface area (Å²) in [6, 6.07) is 4.04. The Morgan fingerprint density at radius 2 is 1.42 bits per heavy atom. The first kappa shape index (κ1) is 18.8. The number of phenolic OH excluding ortho intramolecular Hbond substituents is 1. The van der Waals surface area contributed by atoms with Crippen molar-refractivity contribution < 1.29 is 15.0 Å². The molecule has 1 aromatic carbocycles. The molecule has 0 amide bonds. The molecule has 1 saturated carbocycles. The van der Waals surface area contributed by atoms with Gasteiger partial charge in [0.15, 0.2) is 0 Å². The minimum Gasteiger partial charge on any atom is -0.507 e. The summed E-state index contributed by atoms with van der Waals surface area (Å²) in [5.41, 5.74) is 1.83. The number of aromatic hydroxyl groups is 1. The molecule has 0 saturated heterocycles. The summed E-state index contributed by atoms with van der Waals surface area (Å²) in [7, 11) is 0. The van der Waals surface area contributed by atoms with Crippen molar-refractivity contribution in [2.75, 3.05) is 0 Å². The summed E-state index contributed by atoms with van der Waals surface area (Å²) in [5.74, 6) is -0.322. The highest BCUT2D eigenvalue weighted by Gasteiger charge is 2.41. The number of phenols is 1. The van der Waals surface area contributed by atoms with Crippen molar-refractivity contribution >= 4 is 5.97 Å². The molecule has 0 radical (unpaired) electrons. The third kappa shape index (κ3) is 3.60. The van der Waals surface area contributed by atoms with Crippen LogP contribution in [0.3, 0.4) is 0 Å². The first-order chi connectivity index (χ1) is 10.9. The van der Waals surface area contributed by atoms with E-state index in [1.54, 1.807) is 0 Å². The van der Waals surface area contributed by atoms with E-state index in [2.05, 4.69) is 41.5 Å². The van der Waals surface area contributed by atoms with Gasteiger partial charge in [-0.05, 0) is 46.8 Å². The highest BCUT2D eigenvalue weighted by Crippen LogP contribution is 2.44. The lowest BCUT2D eigenvalue weighted by Crippen LogP contribution is -2.30. The molecule has 0 unspecified atom stereocenters. The van der Waals surface area contributed by atoms with E-state index < -0.39 is 11.4 Å². The molecule has 1 fully saturated rings. The van der Waals surface area contributed by atoms with Crippen molar-refractivity contribution in [2.24, 2.45) is 5.41 Å². The Balaban J connectivity index is 2.56. The normalized spacial score (nSPS) is 17.9. The average Bonchev–Trinajstić information content (AvgIpc) is 2.88. The molecule has 1 aliphatic carbocycles. The quantitative estimate of drug-likeness (QED) is 0.802. The highest BCUT2D eigenvalue weighted by molar-refractivity contribution is 5.75. The van der Waals surface area contributed by atoms with Gasteiger partial charge < -0.3 is 10.2 Å². The smallest absolute Gasteiger partial charge is 0.309 e. The van der Waals surface area contributed by atoms with Gasteiger partial charge in [-0.15, -0.1) is 0 Å². The first-order valence-electron chi connectivity index (χ1n) is 8.97. The molecular weight excluding hydrogens is 300 g/mol. The zero-order valence-electron chi connectivity index (χ0n) is 16.0. The zero-order valence-corrected chi connectivity index (χ0v) is 16.0. The van der Waals surface area contributed by atoms with Crippen LogP contribution in [0.4, 0.5) is 0 Å². The van der Waals surface area contributed by atoms with Gasteiger partial charge in [-0.25, -0.2) is 0 Å². The number of hydrogen-bond donors (Lipinski definition) is 2. The van der Waals surface area contributed by atoms with Gasteiger partial charge in [0.2, 0.25) is 0 Å². The van der Waals surface area contributed by atoms with Crippen LogP contribution < -0.4 is 0 Å². The number of aliphatic carboxylic acids is 1. The minimum absolute atomic E-state index is 0.188. The average molecular weight is 332 g/mol. The molecule has 3 heteroatoms. The van der Waals surface area contributed by atoms with Crippen molar-refractivity contribution in [1.82, 2.24) is 0 Å². The number of carboxylic acids is 1. The van der Waals surface area contributed by atoms with Crippen LogP contribution in [0.5, 0.6) is 5.75 Å². The summed E-state index contributed by atoms with van der Waals surface area (Å²) in [5, 5.41) is 20.6. The van der Waals surface area contributed by atoms with Gasteiger partial charge in [0, 0.05) is 0 Å². The van der Waals surface area contributed by atoms with Crippen LogP contribution in [0, 0.1) is 5.41 Å². The fraction of sp³-hybridized carbons (Fsp3) is 0.667. The van der Waals surface area contributed by atoms with Crippen LogP contribution >= 0.6 is 0 Å². The van der Waals surface area contributed by atoms with E-state index in [4.69, 9.17) is 0 Å². The topological polar surface area (TPSA) is 57.5 Å². The van der Waals surface area contributed by atoms with Gasteiger partial charge in [0.05, 0.1) is 5.41 Å². The first-order valence-corrected chi connectivity index (χ1v) is 8.97. The van der Waals surface area contributed by atoms with Crippen LogP contribution in [-0.4, -0.2) is 16.2 Å². The molecule has 0 heterocycles. The summed E-state index contributed by atoms with van der Waals surface area (Å²) in [4.78, 5) is 11.9. The fourth-order valence-electron chi connectivity index (χ4n) is 3.85.